The number of aliphatic hydroxyl groups is 1. The molecule has 0 radical (unpaired) electrons. The first-order valence-corrected chi connectivity index (χ1v) is 7.10. The molecule has 2 fully saturated rings. The van der Waals surface area contributed by atoms with Gasteiger partial charge in [-0.25, -0.2) is 0 Å². The van der Waals surface area contributed by atoms with Gasteiger partial charge in [-0.3, -0.25) is 9.80 Å². The quantitative estimate of drug-likeness (QED) is 0.793. The zero-order chi connectivity index (χ0) is 12.5. The summed E-state index contributed by atoms with van der Waals surface area (Å²) in [5.74, 6) is 0.538. The van der Waals surface area contributed by atoms with Gasteiger partial charge >= 0.3 is 0 Å². The smallest absolute Gasteiger partial charge is 0.0471 e. The van der Waals surface area contributed by atoms with Crippen LogP contribution < -0.4 is 0 Å². The molecule has 2 aliphatic rings. The molecule has 2 aliphatic heterocycles. The largest absolute Gasteiger partial charge is 0.396 e. The van der Waals surface area contributed by atoms with Gasteiger partial charge in [0.1, 0.15) is 0 Å². The van der Waals surface area contributed by atoms with Crippen LogP contribution >= 0.6 is 0 Å². The van der Waals surface area contributed by atoms with Crippen LogP contribution in [0, 0.1) is 5.92 Å². The molecule has 0 aliphatic carbocycles. The Labute approximate surface area is 106 Å². The number of nitrogens with zero attached hydrogens (tertiary/aromatic N) is 2. The van der Waals surface area contributed by atoms with E-state index in [0.29, 0.717) is 18.1 Å². The molecule has 0 aromatic rings. The second-order valence-electron chi connectivity index (χ2n) is 6.72. The van der Waals surface area contributed by atoms with Gasteiger partial charge in [-0.15, -0.1) is 0 Å². The SMILES string of the molecule is CC(C)(C)N1CCC(N2CCC(CO)C2)CC1. The van der Waals surface area contributed by atoms with Crippen molar-refractivity contribution in [2.75, 3.05) is 32.8 Å². The van der Waals surface area contributed by atoms with E-state index in [2.05, 4.69) is 30.6 Å². The van der Waals surface area contributed by atoms with E-state index in [1.807, 2.05) is 0 Å². The standard InChI is InChI=1S/C14H28N2O/c1-14(2,3)16-8-5-13(6-9-16)15-7-4-12(10-15)11-17/h12-13,17H,4-11H2,1-3H3. The molecular weight excluding hydrogens is 212 g/mol. The first kappa shape index (κ1) is 13.3. The number of rotatable bonds is 2. The summed E-state index contributed by atoms with van der Waals surface area (Å²) in [6.45, 7) is 12.1. The van der Waals surface area contributed by atoms with Crippen LogP contribution in [0.3, 0.4) is 0 Å². The van der Waals surface area contributed by atoms with Gasteiger partial charge in [0.2, 0.25) is 0 Å². The van der Waals surface area contributed by atoms with Crippen LogP contribution in [0.5, 0.6) is 0 Å². The Hall–Kier alpha value is -0.120. The highest BCUT2D eigenvalue weighted by molar-refractivity contribution is 4.88. The van der Waals surface area contributed by atoms with Gasteiger partial charge in [-0.05, 0) is 52.5 Å². The lowest BCUT2D eigenvalue weighted by Gasteiger charge is -2.43. The molecule has 3 heteroatoms. The molecule has 1 N–H and O–H groups in total. The molecule has 2 heterocycles. The van der Waals surface area contributed by atoms with E-state index >= 15 is 0 Å². The molecule has 2 saturated heterocycles. The molecule has 2 rings (SSSR count). The van der Waals surface area contributed by atoms with Crippen LogP contribution in [-0.2, 0) is 0 Å². The van der Waals surface area contributed by atoms with Crippen molar-refractivity contribution < 1.29 is 5.11 Å². The average Bonchev–Trinajstić information content (AvgIpc) is 2.76. The molecule has 0 spiro atoms. The summed E-state index contributed by atoms with van der Waals surface area (Å²) in [7, 11) is 0. The summed E-state index contributed by atoms with van der Waals surface area (Å²) in [6, 6.07) is 0.769. The number of hydrogen-bond acceptors (Lipinski definition) is 3. The van der Waals surface area contributed by atoms with Crippen molar-refractivity contribution in [3.8, 4) is 0 Å². The average molecular weight is 240 g/mol. The topological polar surface area (TPSA) is 26.7 Å². The highest BCUT2D eigenvalue weighted by Crippen LogP contribution is 2.26. The highest BCUT2D eigenvalue weighted by Gasteiger charge is 2.32. The van der Waals surface area contributed by atoms with Gasteiger partial charge in [0.25, 0.3) is 0 Å². The lowest BCUT2D eigenvalue weighted by atomic mass is 9.97. The number of piperidine rings is 1. The predicted octanol–water partition coefficient (Wildman–Crippen LogP) is 1.56. The van der Waals surface area contributed by atoms with Crippen LogP contribution in [0.2, 0.25) is 0 Å². The van der Waals surface area contributed by atoms with Crippen LogP contribution in [0.4, 0.5) is 0 Å². The van der Waals surface area contributed by atoms with Crippen molar-refractivity contribution >= 4 is 0 Å². The minimum atomic E-state index is 0.323. The third kappa shape index (κ3) is 3.21. The van der Waals surface area contributed by atoms with Gasteiger partial charge in [0.05, 0.1) is 0 Å². The van der Waals surface area contributed by atoms with E-state index < -0.39 is 0 Å². The lowest BCUT2D eigenvalue weighted by Crippen LogP contribution is -2.50. The Morgan fingerprint density at radius 1 is 1.06 bits per heavy atom. The van der Waals surface area contributed by atoms with Crippen LogP contribution in [0.15, 0.2) is 0 Å². The summed E-state index contributed by atoms with van der Waals surface area (Å²) in [5.41, 5.74) is 0.323. The van der Waals surface area contributed by atoms with E-state index in [1.54, 1.807) is 0 Å². The van der Waals surface area contributed by atoms with Crippen molar-refractivity contribution in [3.05, 3.63) is 0 Å². The summed E-state index contributed by atoms with van der Waals surface area (Å²) in [4.78, 5) is 5.21. The maximum absolute atomic E-state index is 9.20. The van der Waals surface area contributed by atoms with Crippen molar-refractivity contribution in [1.29, 1.82) is 0 Å². The summed E-state index contributed by atoms with van der Waals surface area (Å²) < 4.78 is 0. The van der Waals surface area contributed by atoms with Crippen molar-refractivity contribution in [1.82, 2.24) is 9.80 Å². The zero-order valence-electron chi connectivity index (χ0n) is 11.7. The van der Waals surface area contributed by atoms with Crippen molar-refractivity contribution in [2.45, 2.75) is 51.6 Å². The monoisotopic (exact) mass is 240 g/mol. The van der Waals surface area contributed by atoms with Crippen molar-refractivity contribution in [3.63, 3.8) is 0 Å². The second-order valence-corrected chi connectivity index (χ2v) is 6.72. The van der Waals surface area contributed by atoms with Gasteiger partial charge in [0, 0.05) is 37.8 Å². The Bertz CT molecular complexity index is 241. The van der Waals surface area contributed by atoms with E-state index in [0.717, 1.165) is 12.6 Å². The molecule has 0 aromatic heterocycles. The van der Waals surface area contributed by atoms with Gasteiger partial charge in [0.15, 0.2) is 0 Å². The van der Waals surface area contributed by atoms with Crippen LogP contribution in [-0.4, -0.2) is 59.3 Å². The van der Waals surface area contributed by atoms with Crippen molar-refractivity contribution in [2.24, 2.45) is 5.92 Å². The molecule has 0 aromatic carbocycles. The van der Waals surface area contributed by atoms with Crippen LogP contribution in [0.1, 0.15) is 40.0 Å². The summed E-state index contributed by atoms with van der Waals surface area (Å²) in [5, 5.41) is 9.20. The summed E-state index contributed by atoms with van der Waals surface area (Å²) in [6.07, 6.45) is 3.79. The Balaban J connectivity index is 1.80. The van der Waals surface area contributed by atoms with E-state index in [9.17, 15) is 5.11 Å². The molecule has 0 bridgehead atoms. The molecule has 0 amide bonds. The van der Waals surface area contributed by atoms with Gasteiger partial charge < -0.3 is 5.11 Å². The molecular formula is C14H28N2O. The predicted molar refractivity (Wildman–Crippen MR) is 71.1 cm³/mol. The Kier molecular flexibility index (Phi) is 4.11. The minimum absolute atomic E-state index is 0.323. The minimum Gasteiger partial charge on any atom is -0.396 e. The molecule has 3 nitrogen and oxygen atoms in total. The fourth-order valence-corrected chi connectivity index (χ4v) is 3.25. The Morgan fingerprint density at radius 2 is 1.71 bits per heavy atom. The molecule has 0 saturated carbocycles. The number of likely N-dealkylation sites (tertiary alicyclic amines) is 2. The maximum atomic E-state index is 9.20. The first-order chi connectivity index (χ1) is 8.00. The lowest BCUT2D eigenvalue weighted by molar-refractivity contribution is 0.0625. The van der Waals surface area contributed by atoms with E-state index in [4.69, 9.17) is 0 Å². The van der Waals surface area contributed by atoms with E-state index in [-0.39, 0.29) is 0 Å². The third-order valence-corrected chi connectivity index (χ3v) is 4.51. The highest BCUT2D eigenvalue weighted by atomic mass is 16.3. The number of aliphatic hydroxyl groups excluding tert-OH is 1. The Morgan fingerprint density at radius 3 is 2.18 bits per heavy atom. The zero-order valence-corrected chi connectivity index (χ0v) is 11.7. The molecule has 1 atom stereocenters. The first-order valence-electron chi connectivity index (χ1n) is 7.10. The number of hydrogen-bond donors (Lipinski definition) is 1. The second kappa shape index (κ2) is 5.25. The normalized spacial score (nSPS) is 30.0. The summed E-state index contributed by atoms with van der Waals surface area (Å²) >= 11 is 0. The fourth-order valence-electron chi connectivity index (χ4n) is 3.25. The fraction of sp³-hybridized carbons (Fsp3) is 1.00. The molecule has 17 heavy (non-hydrogen) atoms. The van der Waals surface area contributed by atoms with Gasteiger partial charge in [-0.2, -0.15) is 0 Å². The molecule has 1 unspecified atom stereocenters. The van der Waals surface area contributed by atoms with Crippen LogP contribution in [0.25, 0.3) is 0 Å². The van der Waals surface area contributed by atoms with E-state index in [1.165, 1.54) is 38.9 Å². The third-order valence-electron chi connectivity index (χ3n) is 4.51. The maximum Gasteiger partial charge on any atom is 0.0471 e. The van der Waals surface area contributed by atoms with Gasteiger partial charge in [-0.1, -0.05) is 0 Å². The molecule has 100 valence electrons.